The molecule has 6 heteroatoms. The lowest BCUT2D eigenvalue weighted by Gasteiger charge is -2.07. The molecule has 0 radical (unpaired) electrons. The minimum Gasteiger partial charge on any atom is -0.383 e. The van der Waals surface area contributed by atoms with Crippen LogP contribution in [0, 0.1) is 0 Å². The van der Waals surface area contributed by atoms with Gasteiger partial charge < -0.3 is 11.5 Å². The first kappa shape index (κ1) is 14.6. The Kier molecular flexibility index (Phi) is 3.39. The van der Waals surface area contributed by atoms with Crippen molar-refractivity contribution in [3.63, 3.8) is 0 Å². The third-order valence-corrected chi connectivity index (χ3v) is 5.23. The Morgan fingerprint density at radius 1 is 0.792 bits per heavy atom. The van der Waals surface area contributed by atoms with Crippen LogP contribution in [0.3, 0.4) is 0 Å². The molecule has 3 aromatic carbocycles. The van der Waals surface area contributed by atoms with Crippen molar-refractivity contribution in [3.8, 4) is 0 Å². The summed E-state index contributed by atoms with van der Waals surface area (Å²) in [4.78, 5) is 9.49. The second kappa shape index (κ2) is 5.58. The van der Waals surface area contributed by atoms with Crippen molar-refractivity contribution in [2.75, 3.05) is 11.5 Å². The number of nitrogens with two attached hydrogens (primary N) is 2. The number of aromatic nitrogens is 2. The maximum atomic E-state index is 12.9. The second-order valence-corrected chi connectivity index (χ2v) is 6.90. The number of benzene rings is 3. The lowest BCUT2D eigenvalue weighted by molar-refractivity contribution is 0.683. The quantitative estimate of drug-likeness (QED) is 0.587. The van der Waals surface area contributed by atoms with E-state index in [-0.39, 0.29) is 11.8 Å². The van der Waals surface area contributed by atoms with E-state index in [9.17, 15) is 4.21 Å². The molecular formula is C18H14N4OS. The molecule has 0 bridgehead atoms. The third-order valence-electron chi connectivity index (χ3n) is 3.86. The molecule has 0 amide bonds. The molecule has 0 spiro atoms. The summed E-state index contributed by atoms with van der Waals surface area (Å²) in [5.41, 5.74) is 12.2. The van der Waals surface area contributed by atoms with E-state index in [1.165, 1.54) is 0 Å². The Bertz CT molecular complexity index is 1110. The highest BCUT2D eigenvalue weighted by molar-refractivity contribution is 7.85. The molecule has 0 saturated heterocycles. The summed E-state index contributed by atoms with van der Waals surface area (Å²) < 4.78 is 12.9. The standard InChI is InChI=1S/C18H14N4OS/c19-17-15-10-14(7-8-16(15)21-18(20)22-17)24(23)13-6-5-11-3-1-2-4-12(11)9-13/h1-10H,(H4,19,20,21,22)/t24-/m0/s1. The predicted molar refractivity (Wildman–Crippen MR) is 97.0 cm³/mol. The van der Waals surface area contributed by atoms with E-state index in [0.29, 0.717) is 15.8 Å². The molecule has 4 N–H and O–H groups in total. The van der Waals surface area contributed by atoms with E-state index in [0.717, 1.165) is 15.7 Å². The molecule has 24 heavy (non-hydrogen) atoms. The summed E-state index contributed by atoms with van der Waals surface area (Å²) >= 11 is 0. The van der Waals surface area contributed by atoms with Crippen molar-refractivity contribution in [2.24, 2.45) is 0 Å². The number of hydrogen-bond acceptors (Lipinski definition) is 5. The SMILES string of the molecule is Nc1nc(N)c2cc([S@@](=O)c3ccc4ccccc4c3)ccc2n1. The number of rotatable bonds is 2. The minimum absolute atomic E-state index is 0.128. The van der Waals surface area contributed by atoms with Gasteiger partial charge in [-0.2, -0.15) is 4.98 Å². The Balaban J connectivity index is 1.82. The van der Waals surface area contributed by atoms with Crippen LogP contribution in [0.4, 0.5) is 11.8 Å². The van der Waals surface area contributed by atoms with Gasteiger partial charge in [0, 0.05) is 15.2 Å². The molecule has 0 fully saturated rings. The molecule has 1 heterocycles. The predicted octanol–water partition coefficient (Wildman–Crippen LogP) is 3.11. The lowest BCUT2D eigenvalue weighted by atomic mass is 10.1. The smallest absolute Gasteiger partial charge is 0.222 e. The van der Waals surface area contributed by atoms with E-state index in [1.54, 1.807) is 18.2 Å². The van der Waals surface area contributed by atoms with Gasteiger partial charge >= 0.3 is 0 Å². The van der Waals surface area contributed by atoms with Gasteiger partial charge in [-0.05, 0) is 41.1 Å². The molecule has 0 aliphatic heterocycles. The van der Waals surface area contributed by atoms with Crippen LogP contribution in [-0.4, -0.2) is 14.2 Å². The molecule has 0 aliphatic rings. The number of hydrogen-bond donors (Lipinski definition) is 2. The van der Waals surface area contributed by atoms with Crippen molar-refractivity contribution < 1.29 is 4.21 Å². The molecular weight excluding hydrogens is 320 g/mol. The van der Waals surface area contributed by atoms with Gasteiger partial charge in [-0.15, -0.1) is 0 Å². The van der Waals surface area contributed by atoms with Gasteiger partial charge in [0.15, 0.2) is 0 Å². The Labute approximate surface area is 140 Å². The fraction of sp³-hybridized carbons (Fsp3) is 0. The van der Waals surface area contributed by atoms with Gasteiger partial charge in [-0.25, -0.2) is 9.19 Å². The topological polar surface area (TPSA) is 94.9 Å². The third kappa shape index (κ3) is 2.47. The summed E-state index contributed by atoms with van der Waals surface area (Å²) in [5, 5.41) is 2.82. The van der Waals surface area contributed by atoms with Crippen LogP contribution < -0.4 is 11.5 Å². The monoisotopic (exact) mass is 334 g/mol. The zero-order chi connectivity index (χ0) is 16.7. The van der Waals surface area contributed by atoms with Crippen LogP contribution in [-0.2, 0) is 10.8 Å². The van der Waals surface area contributed by atoms with Crippen LogP contribution in [0.1, 0.15) is 0 Å². The average molecular weight is 334 g/mol. The largest absolute Gasteiger partial charge is 0.383 e. The Morgan fingerprint density at radius 2 is 1.50 bits per heavy atom. The molecule has 4 aromatic rings. The van der Waals surface area contributed by atoms with Crippen LogP contribution in [0.2, 0.25) is 0 Å². The Morgan fingerprint density at radius 3 is 2.33 bits per heavy atom. The van der Waals surface area contributed by atoms with Gasteiger partial charge in [0.25, 0.3) is 0 Å². The molecule has 4 rings (SSSR count). The minimum atomic E-state index is -1.31. The first-order valence-corrected chi connectivity index (χ1v) is 8.50. The molecule has 0 saturated carbocycles. The molecule has 1 atom stereocenters. The van der Waals surface area contributed by atoms with Gasteiger partial charge in [0.1, 0.15) is 5.82 Å². The summed E-state index contributed by atoms with van der Waals surface area (Å²) in [6, 6.07) is 19.1. The van der Waals surface area contributed by atoms with Crippen molar-refractivity contribution >= 4 is 44.2 Å². The van der Waals surface area contributed by atoms with Crippen molar-refractivity contribution in [3.05, 3.63) is 60.7 Å². The summed E-state index contributed by atoms with van der Waals surface area (Å²) in [6.45, 7) is 0. The van der Waals surface area contributed by atoms with Crippen molar-refractivity contribution in [2.45, 2.75) is 9.79 Å². The normalized spacial score (nSPS) is 12.5. The fourth-order valence-electron chi connectivity index (χ4n) is 2.68. The molecule has 0 aliphatic carbocycles. The zero-order valence-electron chi connectivity index (χ0n) is 12.6. The Hall–Kier alpha value is -2.99. The van der Waals surface area contributed by atoms with E-state index in [4.69, 9.17) is 11.5 Å². The van der Waals surface area contributed by atoms with Gasteiger partial charge in [-0.3, -0.25) is 0 Å². The second-order valence-electron chi connectivity index (χ2n) is 5.42. The van der Waals surface area contributed by atoms with Crippen LogP contribution in [0.25, 0.3) is 21.7 Å². The van der Waals surface area contributed by atoms with E-state index >= 15 is 0 Å². The first-order chi connectivity index (χ1) is 11.6. The van der Waals surface area contributed by atoms with Crippen molar-refractivity contribution in [1.82, 2.24) is 9.97 Å². The van der Waals surface area contributed by atoms with E-state index in [2.05, 4.69) is 9.97 Å². The van der Waals surface area contributed by atoms with E-state index < -0.39 is 10.8 Å². The van der Waals surface area contributed by atoms with Gasteiger partial charge in [-0.1, -0.05) is 30.3 Å². The van der Waals surface area contributed by atoms with Gasteiger partial charge in [0.05, 0.1) is 16.3 Å². The number of nitrogen functional groups attached to an aromatic ring is 2. The number of nitrogens with zero attached hydrogens (tertiary/aromatic N) is 2. The van der Waals surface area contributed by atoms with Crippen LogP contribution in [0.15, 0.2) is 70.5 Å². The maximum Gasteiger partial charge on any atom is 0.222 e. The highest BCUT2D eigenvalue weighted by Gasteiger charge is 2.11. The maximum absolute atomic E-state index is 12.9. The van der Waals surface area contributed by atoms with Crippen molar-refractivity contribution in [1.29, 1.82) is 0 Å². The average Bonchev–Trinajstić information content (AvgIpc) is 2.60. The molecule has 5 nitrogen and oxygen atoms in total. The van der Waals surface area contributed by atoms with E-state index in [1.807, 2.05) is 42.5 Å². The highest BCUT2D eigenvalue weighted by atomic mass is 32.2. The van der Waals surface area contributed by atoms with Crippen LogP contribution >= 0.6 is 0 Å². The number of anilines is 2. The molecule has 1 aromatic heterocycles. The summed E-state index contributed by atoms with van der Waals surface area (Å²) in [7, 11) is -1.31. The highest BCUT2D eigenvalue weighted by Crippen LogP contribution is 2.26. The van der Waals surface area contributed by atoms with Gasteiger partial charge in [0.2, 0.25) is 5.95 Å². The lowest BCUT2D eigenvalue weighted by Crippen LogP contribution is -2.01. The first-order valence-electron chi connectivity index (χ1n) is 7.35. The summed E-state index contributed by atoms with van der Waals surface area (Å²) in [6.07, 6.45) is 0. The van der Waals surface area contributed by atoms with Crippen LogP contribution in [0.5, 0.6) is 0 Å². The molecule has 0 unspecified atom stereocenters. The fourth-order valence-corrected chi connectivity index (χ4v) is 3.80. The number of fused-ring (bicyclic) bond motifs is 2. The summed E-state index contributed by atoms with van der Waals surface area (Å²) in [5.74, 6) is 0.415. The zero-order valence-corrected chi connectivity index (χ0v) is 13.5. The molecule has 118 valence electrons.